The number of halogens is 1. The third-order valence-corrected chi connectivity index (χ3v) is 6.92. The summed E-state index contributed by atoms with van der Waals surface area (Å²) in [6.45, 7) is 3.75. The zero-order valence-electron chi connectivity index (χ0n) is 19.3. The van der Waals surface area contributed by atoms with E-state index in [9.17, 15) is 14.0 Å². The average Bonchev–Trinajstić information content (AvgIpc) is 3.44. The van der Waals surface area contributed by atoms with Gasteiger partial charge in [0.25, 0.3) is 11.8 Å². The largest absolute Gasteiger partial charge is 0.366 e. The van der Waals surface area contributed by atoms with E-state index in [1.807, 2.05) is 19.2 Å². The van der Waals surface area contributed by atoms with Crippen LogP contribution in [0, 0.1) is 5.82 Å². The summed E-state index contributed by atoms with van der Waals surface area (Å²) in [5, 5.41) is 12.0. The predicted octanol–water partition coefficient (Wildman–Crippen LogP) is 4.12. The van der Waals surface area contributed by atoms with Gasteiger partial charge >= 0.3 is 0 Å². The first-order chi connectivity index (χ1) is 16.8. The molecule has 1 aromatic carbocycles. The standard InChI is InChI=1S/C25H25FN6O2S/c1-13(2)28-23(33)19-9-15(11-32-22(19)30-25(27)31-32)16-10-21(35-12-16)24(34)29-20-5-3-4-14-8-17(26)6-7-18(14)20/h6-13,20H,3-5H2,1-2H3,(H2,27,31)(H,28,33)(H,29,34). The molecule has 1 unspecified atom stereocenters. The van der Waals surface area contributed by atoms with Crippen molar-refractivity contribution in [1.29, 1.82) is 0 Å². The molecule has 0 saturated heterocycles. The van der Waals surface area contributed by atoms with Gasteiger partial charge < -0.3 is 16.4 Å². The Bertz CT molecular complexity index is 1440. The topological polar surface area (TPSA) is 114 Å². The van der Waals surface area contributed by atoms with E-state index >= 15 is 0 Å². The number of anilines is 1. The first-order valence-corrected chi connectivity index (χ1v) is 12.3. The van der Waals surface area contributed by atoms with E-state index < -0.39 is 0 Å². The Hall–Kier alpha value is -3.79. The number of pyridine rings is 1. The number of thiophene rings is 1. The van der Waals surface area contributed by atoms with Crippen LogP contribution in [0.1, 0.15) is 63.9 Å². The Balaban J connectivity index is 1.42. The normalized spacial score (nSPS) is 15.3. The highest BCUT2D eigenvalue weighted by Gasteiger charge is 2.24. The predicted molar refractivity (Wildman–Crippen MR) is 133 cm³/mol. The molecule has 3 heterocycles. The third-order valence-electron chi connectivity index (χ3n) is 6.00. The lowest BCUT2D eigenvalue weighted by atomic mass is 9.87. The van der Waals surface area contributed by atoms with Crippen molar-refractivity contribution in [3.63, 3.8) is 0 Å². The molecule has 180 valence electrons. The Morgan fingerprint density at radius 3 is 2.83 bits per heavy atom. The summed E-state index contributed by atoms with van der Waals surface area (Å²) in [5.74, 6) is -0.655. The van der Waals surface area contributed by atoms with Crippen LogP contribution >= 0.6 is 11.3 Å². The summed E-state index contributed by atoms with van der Waals surface area (Å²) in [6, 6.07) is 8.07. The fraction of sp³-hybridized carbons (Fsp3) is 0.280. The van der Waals surface area contributed by atoms with Gasteiger partial charge in [-0.1, -0.05) is 6.07 Å². The van der Waals surface area contributed by atoms with Crippen LogP contribution in [0.4, 0.5) is 10.3 Å². The summed E-state index contributed by atoms with van der Waals surface area (Å²) >= 11 is 1.32. The minimum absolute atomic E-state index is 0.0515. The van der Waals surface area contributed by atoms with Crippen LogP contribution in [0.5, 0.6) is 0 Å². The highest BCUT2D eigenvalue weighted by molar-refractivity contribution is 7.12. The number of hydrogen-bond donors (Lipinski definition) is 3. The van der Waals surface area contributed by atoms with Crippen molar-refractivity contribution >= 4 is 34.7 Å². The average molecular weight is 493 g/mol. The van der Waals surface area contributed by atoms with Crippen molar-refractivity contribution in [2.24, 2.45) is 0 Å². The van der Waals surface area contributed by atoms with Crippen LogP contribution in [0.3, 0.4) is 0 Å². The van der Waals surface area contributed by atoms with Gasteiger partial charge in [-0.3, -0.25) is 9.59 Å². The molecule has 4 N–H and O–H groups in total. The molecular formula is C25H25FN6O2S. The molecule has 35 heavy (non-hydrogen) atoms. The van der Waals surface area contributed by atoms with E-state index in [0.717, 1.165) is 36.0 Å². The highest BCUT2D eigenvalue weighted by Crippen LogP contribution is 2.32. The van der Waals surface area contributed by atoms with E-state index in [-0.39, 0.29) is 35.7 Å². The second-order valence-corrected chi connectivity index (χ2v) is 9.88. The molecule has 5 rings (SSSR count). The van der Waals surface area contributed by atoms with E-state index in [1.165, 1.54) is 21.9 Å². The first-order valence-electron chi connectivity index (χ1n) is 11.4. The number of rotatable bonds is 5. The van der Waals surface area contributed by atoms with Crippen LogP contribution in [-0.4, -0.2) is 32.5 Å². The number of hydrogen-bond acceptors (Lipinski definition) is 6. The van der Waals surface area contributed by atoms with Gasteiger partial charge in [0.05, 0.1) is 16.5 Å². The molecule has 1 aliphatic rings. The maximum atomic E-state index is 13.6. The van der Waals surface area contributed by atoms with Crippen LogP contribution < -0.4 is 16.4 Å². The maximum absolute atomic E-state index is 13.6. The molecule has 4 aromatic rings. The van der Waals surface area contributed by atoms with Gasteiger partial charge in [-0.2, -0.15) is 4.98 Å². The summed E-state index contributed by atoms with van der Waals surface area (Å²) in [5.41, 5.74) is 9.90. The first kappa shape index (κ1) is 23.0. The minimum Gasteiger partial charge on any atom is -0.366 e. The second-order valence-electron chi connectivity index (χ2n) is 8.97. The molecular weight excluding hydrogens is 467 g/mol. The Morgan fingerprint density at radius 1 is 1.20 bits per heavy atom. The van der Waals surface area contributed by atoms with Gasteiger partial charge in [-0.15, -0.1) is 16.4 Å². The lowest BCUT2D eigenvalue weighted by molar-refractivity contribution is 0.0931. The molecule has 2 amide bonds. The van der Waals surface area contributed by atoms with Crippen molar-refractivity contribution in [3.8, 4) is 11.1 Å². The van der Waals surface area contributed by atoms with Crippen molar-refractivity contribution < 1.29 is 14.0 Å². The molecule has 1 atom stereocenters. The van der Waals surface area contributed by atoms with Crippen LogP contribution in [0.2, 0.25) is 0 Å². The molecule has 10 heteroatoms. The zero-order valence-corrected chi connectivity index (χ0v) is 20.2. The molecule has 0 aliphatic heterocycles. The number of nitrogens with one attached hydrogen (secondary N) is 2. The van der Waals surface area contributed by atoms with Crippen molar-refractivity contribution in [3.05, 3.63) is 69.3 Å². The molecule has 8 nitrogen and oxygen atoms in total. The number of carbonyl (C=O) groups is 2. The number of nitrogens with zero attached hydrogens (tertiary/aromatic N) is 3. The maximum Gasteiger partial charge on any atom is 0.261 e. The van der Waals surface area contributed by atoms with Crippen LogP contribution in [0.15, 0.2) is 41.9 Å². The number of benzene rings is 1. The quantitative estimate of drug-likeness (QED) is 0.388. The number of aromatic nitrogens is 3. The Morgan fingerprint density at radius 2 is 2.03 bits per heavy atom. The monoisotopic (exact) mass is 492 g/mol. The van der Waals surface area contributed by atoms with Crippen molar-refractivity contribution in [2.75, 3.05) is 5.73 Å². The molecule has 1 aliphatic carbocycles. The van der Waals surface area contributed by atoms with Gasteiger partial charge in [0.15, 0.2) is 5.65 Å². The fourth-order valence-corrected chi connectivity index (χ4v) is 5.26. The fourth-order valence-electron chi connectivity index (χ4n) is 4.44. The van der Waals surface area contributed by atoms with Gasteiger partial charge in [0.2, 0.25) is 5.95 Å². The Kier molecular flexibility index (Phi) is 5.98. The number of fused-ring (bicyclic) bond motifs is 2. The molecule has 3 aromatic heterocycles. The van der Waals surface area contributed by atoms with Crippen molar-refractivity contribution in [2.45, 2.75) is 45.2 Å². The smallest absolute Gasteiger partial charge is 0.261 e. The van der Waals surface area contributed by atoms with Gasteiger partial charge in [-0.05, 0) is 79.4 Å². The number of nitrogens with two attached hydrogens (primary N) is 1. The lowest BCUT2D eigenvalue weighted by Crippen LogP contribution is -2.30. The molecule has 0 fully saturated rings. The molecule has 0 bridgehead atoms. The van der Waals surface area contributed by atoms with Crippen molar-refractivity contribution in [1.82, 2.24) is 25.2 Å². The van der Waals surface area contributed by atoms with Crippen LogP contribution in [0.25, 0.3) is 16.8 Å². The SMILES string of the molecule is CC(C)NC(=O)c1cc(-c2csc(C(=O)NC3CCCc4cc(F)ccc43)c2)cn2nc(N)nc12. The van der Waals surface area contributed by atoms with E-state index in [1.54, 1.807) is 30.5 Å². The lowest BCUT2D eigenvalue weighted by Gasteiger charge is -2.26. The number of aryl methyl sites for hydroxylation is 1. The van der Waals surface area contributed by atoms with E-state index in [0.29, 0.717) is 21.7 Å². The number of nitrogen functional groups attached to an aromatic ring is 1. The summed E-state index contributed by atoms with van der Waals surface area (Å²) in [6.07, 6.45) is 4.24. The minimum atomic E-state index is -0.278. The van der Waals surface area contributed by atoms with Crippen LogP contribution in [-0.2, 0) is 6.42 Å². The second kappa shape index (κ2) is 9.10. The molecule has 0 saturated carbocycles. The van der Waals surface area contributed by atoms with Gasteiger partial charge in [0.1, 0.15) is 5.82 Å². The van der Waals surface area contributed by atoms with Gasteiger partial charge in [0, 0.05) is 17.8 Å². The number of carbonyl (C=O) groups excluding carboxylic acids is 2. The molecule has 0 radical (unpaired) electrons. The molecule has 0 spiro atoms. The van der Waals surface area contributed by atoms with Gasteiger partial charge in [-0.25, -0.2) is 8.91 Å². The summed E-state index contributed by atoms with van der Waals surface area (Å²) < 4.78 is 15.1. The summed E-state index contributed by atoms with van der Waals surface area (Å²) in [7, 11) is 0. The third kappa shape index (κ3) is 4.61. The highest BCUT2D eigenvalue weighted by atomic mass is 32.1. The summed E-state index contributed by atoms with van der Waals surface area (Å²) in [4.78, 5) is 30.6. The van der Waals surface area contributed by atoms with E-state index in [2.05, 4.69) is 20.7 Å². The van der Waals surface area contributed by atoms with E-state index in [4.69, 9.17) is 5.73 Å². The Labute approximate surface area is 205 Å². The number of amides is 2. The zero-order chi connectivity index (χ0) is 24.7.